The third-order valence-corrected chi connectivity index (χ3v) is 6.17. The summed E-state index contributed by atoms with van der Waals surface area (Å²) >= 11 is 0. The molecule has 0 unspecified atom stereocenters. The fourth-order valence-corrected chi connectivity index (χ4v) is 4.34. The lowest BCUT2D eigenvalue weighted by atomic mass is 10.2. The molecule has 2 amide bonds. The zero-order valence-corrected chi connectivity index (χ0v) is 20.2. The fraction of sp³-hybridized carbons (Fsp3) is 0.308. The van der Waals surface area contributed by atoms with Gasteiger partial charge in [0.25, 0.3) is 0 Å². The first kappa shape index (κ1) is 22.8. The number of carbonyl (C=O) groups is 1. The number of methoxy groups -OCH3 is 1. The Bertz CT molecular complexity index is 1330. The average Bonchev–Trinajstić information content (AvgIpc) is 3.21. The van der Waals surface area contributed by atoms with E-state index in [2.05, 4.69) is 29.3 Å². The highest BCUT2D eigenvalue weighted by molar-refractivity contribution is 5.92. The number of hydrogen-bond donors (Lipinski definition) is 1. The van der Waals surface area contributed by atoms with Crippen LogP contribution in [0.25, 0.3) is 16.7 Å². The van der Waals surface area contributed by atoms with E-state index in [-0.39, 0.29) is 6.03 Å². The Morgan fingerprint density at radius 2 is 1.69 bits per heavy atom. The summed E-state index contributed by atoms with van der Waals surface area (Å²) in [6.45, 7) is 6.86. The van der Waals surface area contributed by atoms with E-state index in [9.17, 15) is 4.79 Å². The lowest BCUT2D eigenvalue weighted by Crippen LogP contribution is -2.50. The number of aromatic nitrogens is 4. The zero-order chi connectivity index (χ0) is 24.4. The molecule has 2 aromatic carbocycles. The Balaban J connectivity index is 1.43. The van der Waals surface area contributed by atoms with Crippen LogP contribution < -0.4 is 10.2 Å². The van der Waals surface area contributed by atoms with E-state index < -0.39 is 0 Å². The second-order valence-corrected chi connectivity index (χ2v) is 8.70. The molecule has 0 radical (unpaired) electrons. The van der Waals surface area contributed by atoms with Crippen molar-refractivity contribution in [3.05, 3.63) is 71.7 Å². The Labute approximate surface area is 204 Å². The van der Waals surface area contributed by atoms with Crippen LogP contribution in [0.1, 0.15) is 17.1 Å². The molecule has 1 aliphatic heterocycles. The smallest absolute Gasteiger partial charge is 0.321 e. The quantitative estimate of drug-likeness (QED) is 0.474. The number of carbonyl (C=O) groups excluding carboxylic acids is 1. The van der Waals surface area contributed by atoms with Crippen LogP contribution in [0, 0.1) is 13.8 Å². The van der Waals surface area contributed by atoms with Gasteiger partial charge in [-0.05, 0) is 38.1 Å². The minimum Gasteiger partial charge on any atom is -0.377 e. The van der Waals surface area contributed by atoms with Gasteiger partial charge in [0, 0.05) is 39.0 Å². The van der Waals surface area contributed by atoms with Gasteiger partial charge >= 0.3 is 6.03 Å². The number of nitrogens with zero attached hydrogens (tertiary/aromatic N) is 6. The predicted octanol–water partition coefficient (Wildman–Crippen LogP) is 3.93. The van der Waals surface area contributed by atoms with E-state index >= 15 is 0 Å². The number of urea groups is 1. The van der Waals surface area contributed by atoms with Crippen molar-refractivity contribution in [2.45, 2.75) is 20.5 Å². The number of ether oxygens (including phenoxy) is 1. The molecular formula is C26H29N7O2. The highest BCUT2D eigenvalue weighted by Gasteiger charge is 2.26. The van der Waals surface area contributed by atoms with Gasteiger partial charge in [-0.25, -0.2) is 19.4 Å². The summed E-state index contributed by atoms with van der Waals surface area (Å²) in [6.07, 6.45) is 0. The highest BCUT2D eigenvalue weighted by Crippen LogP contribution is 2.30. The van der Waals surface area contributed by atoms with Crippen LogP contribution in [0.4, 0.5) is 16.3 Å². The minimum atomic E-state index is -0.0906. The van der Waals surface area contributed by atoms with Gasteiger partial charge in [-0.3, -0.25) is 0 Å². The molecule has 9 nitrogen and oxygen atoms in total. The minimum absolute atomic E-state index is 0.0906. The number of benzene rings is 2. The number of hydrogen-bond acceptors (Lipinski definition) is 6. The molecule has 2 aromatic heterocycles. The van der Waals surface area contributed by atoms with Gasteiger partial charge in [0.2, 0.25) is 0 Å². The maximum Gasteiger partial charge on any atom is 0.321 e. The second kappa shape index (κ2) is 9.71. The van der Waals surface area contributed by atoms with Crippen molar-refractivity contribution in [3.8, 4) is 5.69 Å². The van der Waals surface area contributed by atoms with E-state index in [4.69, 9.17) is 19.8 Å². The molecular weight excluding hydrogens is 442 g/mol. The maximum absolute atomic E-state index is 12.7. The van der Waals surface area contributed by atoms with Crippen molar-refractivity contribution in [2.24, 2.45) is 0 Å². The number of para-hydroxylation sites is 1. The van der Waals surface area contributed by atoms with Crippen LogP contribution >= 0.6 is 0 Å². The highest BCUT2D eigenvalue weighted by atomic mass is 16.5. The van der Waals surface area contributed by atoms with Gasteiger partial charge in [0.1, 0.15) is 12.4 Å². The first-order valence-corrected chi connectivity index (χ1v) is 11.7. The molecule has 0 atom stereocenters. The lowest BCUT2D eigenvalue weighted by molar-refractivity contribution is 0.178. The van der Waals surface area contributed by atoms with Crippen LogP contribution in [0.2, 0.25) is 0 Å². The van der Waals surface area contributed by atoms with E-state index in [0.717, 1.165) is 33.9 Å². The summed E-state index contributed by atoms with van der Waals surface area (Å²) < 4.78 is 7.23. The van der Waals surface area contributed by atoms with Crippen LogP contribution in [-0.2, 0) is 11.3 Å². The number of nitrogens with one attached hydrogen (secondary N) is 1. The van der Waals surface area contributed by atoms with Gasteiger partial charge in [0.05, 0.1) is 16.8 Å². The van der Waals surface area contributed by atoms with Crippen molar-refractivity contribution < 1.29 is 9.53 Å². The Morgan fingerprint density at radius 1 is 0.971 bits per heavy atom. The molecule has 0 aliphatic carbocycles. The number of anilines is 2. The van der Waals surface area contributed by atoms with E-state index in [1.165, 1.54) is 5.56 Å². The van der Waals surface area contributed by atoms with E-state index in [1.54, 1.807) is 7.11 Å². The van der Waals surface area contributed by atoms with Crippen LogP contribution in [0.5, 0.6) is 0 Å². The standard InChI is InChI=1S/C26H29N7O2/c1-18-9-11-21(12-10-18)33-25-23(19(2)30-33)24(28-22(29-25)17-35-3)31-13-15-32(16-14-31)26(34)27-20-7-5-4-6-8-20/h4-12H,13-17H2,1-3H3,(H,27,34). The number of fused-ring (bicyclic) bond motifs is 1. The third-order valence-electron chi connectivity index (χ3n) is 6.17. The number of piperazine rings is 1. The summed E-state index contributed by atoms with van der Waals surface area (Å²) in [4.78, 5) is 26.4. The molecule has 0 bridgehead atoms. The van der Waals surface area contributed by atoms with Crippen molar-refractivity contribution >= 4 is 28.6 Å². The van der Waals surface area contributed by atoms with Crippen molar-refractivity contribution in [3.63, 3.8) is 0 Å². The molecule has 0 saturated carbocycles. The second-order valence-electron chi connectivity index (χ2n) is 8.70. The number of amides is 2. The average molecular weight is 472 g/mol. The first-order chi connectivity index (χ1) is 17.0. The van der Waals surface area contributed by atoms with Gasteiger partial charge in [-0.2, -0.15) is 5.10 Å². The van der Waals surface area contributed by atoms with Crippen molar-refractivity contribution in [1.82, 2.24) is 24.6 Å². The Kier molecular flexibility index (Phi) is 6.33. The molecule has 9 heteroatoms. The van der Waals surface area contributed by atoms with Gasteiger partial charge < -0.3 is 19.9 Å². The SMILES string of the molecule is COCc1nc(N2CCN(C(=O)Nc3ccccc3)CC2)c2c(C)nn(-c3ccc(C)cc3)c2n1. The molecule has 1 N–H and O–H groups in total. The predicted molar refractivity (Wildman–Crippen MR) is 136 cm³/mol. The molecule has 35 heavy (non-hydrogen) atoms. The normalized spacial score (nSPS) is 13.9. The van der Waals surface area contributed by atoms with E-state index in [1.807, 2.05) is 59.0 Å². The van der Waals surface area contributed by atoms with Crippen molar-refractivity contribution in [1.29, 1.82) is 0 Å². The monoisotopic (exact) mass is 471 g/mol. The topological polar surface area (TPSA) is 88.4 Å². The molecule has 4 aromatic rings. The Morgan fingerprint density at radius 3 is 2.37 bits per heavy atom. The number of rotatable bonds is 5. The Hall–Kier alpha value is -3.98. The summed E-state index contributed by atoms with van der Waals surface area (Å²) in [6, 6.07) is 17.6. The molecule has 1 saturated heterocycles. The fourth-order valence-electron chi connectivity index (χ4n) is 4.34. The molecule has 0 spiro atoms. The summed E-state index contributed by atoms with van der Waals surface area (Å²) in [5.41, 5.74) is 4.55. The molecule has 1 aliphatic rings. The van der Waals surface area contributed by atoms with Gasteiger partial charge in [-0.15, -0.1) is 0 Å². The maximum atomic E-state index is 12.7. The van der Waals surface area contributed by atoms with Crippen molar-refractivity contribution in [2.75, 3.05) is 43.5 Å². The zero-order valence-electron chi connectivity index (χ0n) is 20.2. The summed E-state index contributed by atoms with van der Waals surface area (Å²) in [7, 11) is 1.64. The van der Waals surface area contributed by atoms with Crippen LogP contribution in [0.15, 0.2) is 54.6 Å². The summed E-state index contributed by atoms with van der Waals surface area (Å²) in [5, 5.41) is 8.70. The molecule has 5 rings (SSSR count). The number of aryl methyl sites for hydroxylation is 2. The summed E-state index contributed by atoms with van der Waals surface area (Å²) in [5.74, 6) is 1.44. The van der Waals surface area contributed by atoms with Crippen LogP contribution in [0.3, 0.4) is 0 Å². The lowest BCUT2D eigenvalue weighted by Gasteiger charge is -2.35. The van der Waals surface area contributed by atoms with Crippen LogP contribution in [-0.4, -0.2) is 64.0 Å². The first-order valence-electron chi connectivity index (χ1n) is 11.7. The molecule has 3 heterocycles. The van der Waals surface area contributed by atoms with E-state index in [0.29, 0.717) is 38.6 Å². The largest absolute Gasteiger partial charge is 0.377 e. The molecule has 180 valence electrons. The van der Waals surface area contributed by atoms with Gasteiger partial charge in [-0.1, -0.05) is 35.9 Å². The molecule has 1 fully saturated rings. The van der Waals surface area contributed by atoms with Gasteiger partial charge in [0.15, 0.2) is 11.5 Å². The third kappa shape index (κ3) is 4.67.